The summed E-state index contributed by atoms with van der Waals surface area (Å²) in [6, 6.07) is 9.98. The van der Waals surface area contributed by atoms with Crippen molar-refractivity contribution in [3.8, 4) is 0 Å². The van der Waals surface area contributed by atoms with E-state index in [-0.39, 0.29) is 0 Å². The Morgan fingerprint density at radius 2 is 1.80 bits per heavy atom. The topological polar surface area (TPSA) is 20.2 Å². The molecule has 1 aromatic carbocycles. The average molecular weight is 202 g/mol. The molecule has 0 unspecified atom stereocenters. The molecule has 1 heteroatoms. The van der Waals surface area contributed by atoms with E-state index in [1.165, 1.54) is 0 Å². The van der Waals surface area contributed by atoms with Crippen LogP contribution >= 0.6 is 0 Å². The van der Waals surface area contributed by atoms with E-state index in [1.54, 1.807) is 13.8 Å². The van der Waals surface area contributed by atoms with Gasteiger partial charge in [0.1, 0.15) is 0 Å². The van der Waals surface area contributed by atoms with Crippen LogP contribution in [0.2, 0.25) is 0 Å². The Hall–Kier alpha value is -1.34. The molecule has 0 saturated heterocycles. The lowest BCUT2D eigenvalue weighted by Crippen LogP contribution is -2.15. The monoisotopic (exact) mass is 202 g/mol. The number of rotatable bonds is 3. The molecule has 0 heterocycles. The van der Waals surface area contributed by atoms with Gasteiger partial charge in [-0.3, -0.25) is 0 Å². The van der Waals surface area contributed by atoms with Crippen LogP contribution in [-0.2, 0) is 0 Å². The fourth-order valence-electron chi connectivity index (χ4n) is 1.42. The maximum Gasteiger partial charge on any atom is 0.0780 e. The Balaban J connectivity index is 3.16. The van der Waals surface area contributed by atoms with Gasteiger partial charge in [-0.05, 0) is 38.0 Å². The van der Waals surface area contributed by atoms with Crippen molar-refractivity contribution in [2.24, 2.45) is 0 Å². The molecule has 1 aromatic rings. The van der Waals surface area contributed by atoms with E-state index in [9.17, 15) is 5.11 Å². The van der Waals surface area contributed by atoms with Crippen molar-refractivity contribution in [1.29, 1.82) is 0 Å². The van der Waals surface area contributed by atoms with Gasteiger partial charge in [0.05, 0.1) is 5.60 Å². The van der Waals surface area contributed by atoms with E-state index in [0.717, 1.165) is 16.7 Å². The first-order valence-electron chi connectivity index (χ1n) is 5.07. The standard InChI is InChI=1S/C14H18O/c1-11(2)13(10-14(3,4)15)12-8-6-5-7-9-12/h5-10,15H,1H2,2-4H3/b13-10+. The molecule has 0 fully saturated rings. The molecule has 15 heavy (non-hydrogen) atoms. The fourth-order valence-corrected chi connectivity index (χ4v) is 1.42. The summed E-state index contributed by atoms with van der Waals surface area (Å²) in [5.41, 5.74) is 2.24. The smallest absolute Gasteiger partial charge is 0.0780 e. The molecule has 0 aliphatic heterocycles. The second-order valence-electron chi connectivity index (χ2n) is 4.36. The van der Waals surface area contributed by atoms with E-state index in [4.69, 9.17) is 0 Å². The molecule has 1 nitrogen and oxygen atoms in total. The molecule has 1 N–H and O–H groups in total. The highest BCUT2D eigenvalue weighted by atomic mass is 16.3. The Bertz CT molecular complexity index is 366. The van der Waals surface area contributed by atoms with Crippen molar-refractivity contribution >= 4 is 5.57 Å². The molecule has 0 spiro atoms. The molecule has 0 aliphatic carbocycles. The van der Waals surface area contributed by atoms with Crippen molar-refractivity contribution in [2.75, 3.05) is 0 Å². The van der Waals surface area contributed by atoms with Crippen LogP contribution in [0.25, 0.3) is 5.57 Å². The molecule has 0 saturated carbocycles. The molecule has 80 valence electrons. The zero-order valence-corrected chi connectivity index (χ0v) is 9.62. The molecule has 0 bridgehead atoms. The van der Waals surface area contributed by atoms with E-state index in [0.29, 0.717) is 0 Å². The average Bonchev–Trinajstić information content (AvgIpc) is 2.14. The van der Waals surface area contributed by atoms with E-state index in [1.807, 2.05) is 43.3 Å². The maximum atomic E-state index is 9.78. The molecule has 0 radical (unpaired) electrons. The van der Waals surface area contributed by atoms with Gasteiger partial charge in [0, 0.05) is 0 Å². The summed E-state index contributed by atoms with van der Waals surface area (Å²) < 4.78 is 0. The van der Waals surface area contributed by atoms with Gasteiger partial charge in [0.25, 0.3) is 0 Å². The Kier molecular flexibility index (Phi) is 3.48. The van der Waals surface area contributed by atoms with Gasteiger partial charge >= 0.3 is 0 Å². The predicted octanol–water partition coefficient (Wildman–Crippen LogP) is 3.42. The zero-order valence-electron chi connectivity index (χ0n) is 9.62. The van der Waals surface area contributed by atoms with E-state index < -0.39 is 5.60 Å². The number of benzene rings is 1. The minimum absolute atomic E-state index is 0.815. The summed E-state index contributed by atoms with van der Waals surface area (Å²) in [6.45, 7) is 9.41. The zero-order chi connectivity index (χ0) is 11.5. The first-order valence-corrected chi connectivity index (χ1v) is 5.07. The van der Waals surface area contributed by atoms with Crippen LogP contribution in [0.3, 0.4) is 0 Å². The number of allylic oxidation sites excluding steroid dienone is 2. The number of aliphatic hydroxyl groups is 1. The number of hydrogen-bond acceptors (Lipinski definition) is 1. The highest BCUT2D eigenvalue weighted by Gasteiger charge is 2.11. The van der Waals surface area contributed by atoms with Crippen molar-refractivity contribution < 1.29 is 5.11 Å². The van der Waals surface area contributed by atoms with Crippen LogP contribution in [0.1, 0.15) is 26.3 Å². The second kappa shape index (κ2) is 4.45. The summed E-state index contributed by atoms with van der Waals surface area (Å²) in [5.74, 6) is 0. The Morgan fingerprint density at radius 1 is 1.27 bits per heavy atom. The SMILES string of the molecule is C=C(C)/C(=C\C(C)(C)O)c1ccccc1. The lowest BCUT2D eigenvalue weighted by molar-refractivity contribution is 0.133. The summed E-state index contributed by atoms with van der Waals surface area (Å²) >= 11 is 0. The van der Waals surface area contributed by atoms with Crippen molar-refractivity contribution in [2.45, 2.75) is 26.4 Å². The summed E-state index contributed by atoms with van der Waals surface area (Å²) in [7, 11) is 0. The number of hydrogen-bond donors (Lipinski definition) is 1. The molecule has 0 aliphatic rings. The predicted molar refractivity (Wildman–Crippen MR) is 65.5 cm³/mol. The first kappa shape index (κ1) is 11.7. The molecule has 0 atom stereocenters. The summed E-state index contributed by atoms with van der Waals surface area (Å²) in [4.78, 5) is 0. The van der Waals surface area contributed by atoms with Crippen LogP contribution in [-0.4, -0.2) is 10.7 Å². The van der Waals surface area contributed by atoms with Crippen molar-refractivity contribution in [3.63, 3.8) is 0 Å². The molecule has 1 rings (SSSR count). The lowest BCUT2D eigenvalue weighted by Gasteiger charge is -2.16. The minimum Gasteiger partial charge on any atom is -0.386 e. The van der Waals surface area contributed by atoms with Gasteiger partial charge in [-0.1, -0.05) is 42.5 Å². The second-order valence-corrected chi connectivity index (χ2v) is 4.36. The van der Waals surface area contributed by atoms with Gasteiger partial charge in [-0.2, -0.15) is 0 Å². The maximum absolute atomic E-state index is 9.78. The normalized spacial score (nSPS) is 12.7. The summed E-state index contributed by atoms with van der Waals surface area (Å²) in [5, 5.41) is 9.78. The first-order chi connectivity index (χ1) is 6.90. The molecular weight excluding hydrogens is 184 g/mol. The van der Waals surface area contributed by atoms with E-state index in [2.05, 4.69) is 6.58 Å². The summed E-state index contributed by atoms with van der Waals surface area (Å²) in [6.07, 6.45) is 1.84. The van der Waals surface area contributed by atoms with Crippen LogP contribution < -0.4 is 0 Å². The van der Waals surface area contributed by atoms with Crippen molar-refractivity contribution in [3.05, 3.63) is 54.1 Å². The van der Waals surface area contributed by atoms with Crippen LogP contribution in [0.4, 0.5) is 0 Å². The third-order valence-corrected chi connectivity index (χ3v) is 2.04. The lowest BCUT2D eigenvalue weighted by atomic mass is 9.95. The highest BCUT2D eigenvalue weighted by Crippen LogP contribution is 2.24. The minimum atomic E-state index is -0.815. The van der Waals surface area contributed by atoms with Gasteiger partial charge in [0.2, 0.25) is 0 Å². The Labute approximate surface area is 91.8 Å². The third-order valence-electron chi connectivity index (χ3n) is 2.04. The van der Waals surface area contributed by atoms with Gasteiger partial charge in [0.15, 0.2) is 0 Å². The molecule has 0 amide bonds. The van der Waals surface area contributed by atoms with Crippen LogP contribution in [0, 0.1) is 0 Å². The largest absolute Gasteiger partial charge is 0.386 e. The molecular formula is C14H18O. The quantitative estimate of drug-likeness (QED) is 0.745. The Morgan fingerprint density at radius 3 is 2.20 bits per heavy atom. The van der Waals surface area contributed by atoms with Crippen molar-refractivity contribution in [1.82, 2.24) is 0 Å². The van der Waals surface area contributed by atoms with Gasteiger partial charge in [-0.15, -0.1) is 0 Å². The van der Waals surface area contributed by atoms with E-state index >= 15 is 0 Å². The van der Waals surface area contributed by atoms with Gasteiger partial charge in [-0.25, -0.2) is 0 Å². The van der Waals surface area contributed by atoms with Crippen LogP contribution in [0.5, 0.6) is 0 Å². The fraction of sp³-hybridized carbons (Fsp3) is 0.286. The van der Waals surface area contributed by atoms with Crippen LogP contribution in [0.15, 0.2) is 48.6 Å². The molecule has 0 aromatic heterocycles. The third kappa shape index (κ3) is 3.72. The van der Waals surface area contributed by atoms with Gasteiger partial charge < -0.3 is 5.11 Å². The highest BCUT2D eigenvalue weighted by molar-refractivity contribution is 5.78.